The summed E-state index contributed by atoms with van der Waals surface area (Å²) in [7, 11) is 0.842. The van der Waals surface area contributed by atoms with Crippen LogP contribution in [0.3, 0.4) is 0 Å². The second-order valence-electron chi connectivity index (χ2n) is 11.7. The Morgan fingerprint density at radius 1 is 0.896 bits per heavy atom. The summed E-state index contributed by atoms with van der Waals surface area (Å²) in [5, 5.41) is 2.34. The molecule has 1 aliphatic heterocycles. The van der Waals surface area contributed by atoms with Crippen molar-refractivity contribution in [3.8, 4) is 39.6 Å². The van der Waals surface area contributed by atoms with Crippen LogP contribution in [0.4, 0.5) is 11.4 Å². The Kier molecular flexibility index (Phi) is 8.53. The first-order valence-electron chi connectivity index (χ1n) is 15.4. The molecule has 14 heteroatoms. The van der Waals surface area contributed by atoms with Gasteiger partial charge in [0, 0.05) is 90.4 Å². The molecule has 5 aromatic rings. The van der Waals surface area contributed by atoms with Crippen LogP contribution in [0.25, 0.3) is 38.9 Å². The molecule has 1 saturated heterocycles. The minimum atomic E-state index is -3.81. The molecule has 250 valence electrons. The van der Waals surface area contributed by atoms with Gasteiger partial charge < -0.3 is 19.1 Å². The highest BCUT2D eigenvalue weighted by molar-refractivity contribution is 7.95. The van der Waals surface area contributed by atoms with Crippen LogP contribution in [0, 0.1) is 0 Å². The van der Waals surface area contributed by atoms with Gasteiger partial charge in [-0.05, 0) is 31.0 Å². The molecule has 2 fully saturated rings. The lowest BCUT2D eigenvalue weighted by Gasteiger charge is -2.37. The highest BCUT2D eigenvalue weighted by Gasteiger charge is 2.32. The highest BCUT2D eigenvalue weighted by atomic mass is 35.5. The van der Waals surface area contributed by atoms with Crippen molar-refractivity contribution in [2.45, 2.75) is 18.9 Å². The van der Waals surface area contributed by atoms with Crippen LogP contribution in [0.5, 0.6) is 17.2 Å². The number of nitrogens with zero attached hydrogens (tertiary/aromatic N) is 5. The normalized spacial score (nSPS) is 15.6. The first kappa shape index (κ1) is 32.3. The van der Waals surface area contributed by atoms with E-state index in [0.717, 1.165) is 48.2 Å². The number of fused-ring (bicyclic) bond motifs is 3. The van der Waals surface area contributed by atoms with E-state index in [1.165, 1.54) is 27.1 Å². The summed E-state index contributed by atoms with van der Waals surface area (Å²) in [5.74, 6) is 1.38. The number of nitrogens with one attached hydrogen (secondary N) is 1. The van der Waals surface area contributed by atoms with Crippen LogP contribution in [-0.2, 0) is 10.0 Å². The lowest BCUT2D eigenvalue weighted by molar-refractivity contribution is 0.248. The van der Waals surface area contributed by atoms with Gasteiger partial charge in [-0.3, -0.25) is 19.0 Å². The molecule has 3 aromatic heterocycles. The number of imidazole rings is 1. The van der Waals surface area contributed by atoms with E-state index in [9.17, 15) is 8.42 Å². The predicted molar refractivity (Wildman–Crippen MR) is 191 cm³/mol. The summed E-state index contributed by atoms with van der Waals surface area (Å²) in [6.07, 6.45) is 7.77. The molecule has 0 amide bonds. The van der Waals surface area contributed by atoms with Crippen LogP contribution in [0.2, 0.25) is 10.0 Å². The van der Waals surface area contributed by atoms with Gasteiger partial charge in [-0.1, -0.05) is 29.8 Å². The first-order chi connectivity index (χ1) is 23.2. The Bertz CT molecular complexity index is 2150. The molecular formula is C34H34Cl2N6O5S. The Morgan fingerprint density at radius 2 is 1.58 bits per heavy atom. The van der Waals surface area contributed by atoms with Crippen LogP contribution in [-0.4, -0.2) is 81.2 Å². The molecule has 1 aliphatic carbocycles. The lowest BCUT2D eigenvalue weighted by Crippen LogP contribution is -2.47. The number of hydrogen-bond acceptors (Lipinski definition) is 9. The SMILES string of the molecule is C=CS(=O)(=O)Nc1cc(-c2cc3c(cn2)cc(-c2c(Cl)c(OC)cc(OC)c2Cl)c2nccn23)c(OC)cc1N1CCN(C2CC2)CC1. The third kappa shape index (κ3) is 5.76. The fourth-order valence-corrected chi connectivity index (χ4v) is 7.65. The van der Waals surface area contributed by atoms with Gasteiger partial charge in [-0.15, -0.1) is 0 Å². The Morgan fingerprint density at radius 3 is 2.21 bits per heavy atom. The molecule has 0 bridgehead atoms. The number of ether oxygens (including phenoxy) is 3. The van der Waals surface area contributed by atoms with E-state index in [-0.39, 0.29) is 0 Å². The molecule has 1 saturated carbocycles. The minimum absolute atomic E-state index is 0.324. The first-order valence-corrected chi connectivity index (χ1v) is 17.7. The molecular weight excluding hydrogens is 675 g/mol. The number of benzene rings is 2. The molecule has 2 aromatic carbocycles. The predicted octanol–water partition coefficient (Wildman–Crippen LogP) is 6.72. The second-order valence-corrected chi connectivity index (χ2v) is 14.1. The topological polar surface area (TPSA) is 111 Å². The average Bonchev–Trinajstić information content (AvgIpc) is 3.83. The summed E-state index contributed by atoms with van der Waals surface area (Å²) in [6, 6.07) is 9.81. The van der Waals surface area contributed by atoms with E-state index < -0.39 is 10.0 Å². The maximum absolute atomic E-state index is 12.8. The molecule has 0 radical (unpaired) electrons. The summed E-state index contributed by atoms with van der Waals surface area (Å²) in [6.45, 7) is 6.85. The summed E-state index contributed by atoms with van der Waals surface area (Å²) >= 11 is 13.6. The summed E-state index contributed by atoms with van der Waals surface area (Å²) < 4.78 is 47.1. The zero-order valence-corrected chi connectivity index (χ0v) is 29.0. The van der Waals surface area contributed by atoms with E-state index in [2.05, 4.69) is 26.1 Å². The van der Waals surface area contributed by atoms with Gasteiger partial charge in [0.25, 0.3) is 10.0 Å². The molecule has 0 unspecified atom stereocenters. The standard InChI is InChI=1S/C34H34Cl2N6O5S/c1-5-48(43,44)39-25-15-22(28(45-2)17-27(25)41-12-10-40(11-13-41)21-6-7-21)24-16-26-20(19-38-24)14-23(34-37-8-9-42(26)34)31-32(35)29(46-3)18-30(47-4)33(31)36/h5,8-9,14-19,21,39H,1,6-7,10-13H2,2-4H3. The molecule has 4 heterocycles. The van der Waals surface area contributed by atoms with Crippen molar-refractivity contribution in [1.82, 2.24) is 19.3 Å². The maximum atomic E-state index is 12.8. The smallest absolute Gasteiger partial charge is 0.254 e. The number of anilines is 2. The van der Waals surface area contributed by atoms with Gasteiger partial charge in [0.1, 0.15) is 22.9 Å². The van der Waals surface area contributed by atoms with Crippen molar-refractivity contribution in [3.63, 3.8) is 0 Å². The summed E-state index contributed by atoms with van der Waals surface area (Å²) in [5.41, 5.74) is 4.94. The number of sulfonamides is 1. The second kappa shape index (κ2) is 12.7. The largest absolute Gasteiger partial charge is 0.496 e. The van der Waals surface area contributed by atoms with E-state index in [0.29, 0.717) is 67.1 Å². The Labute approximate surface area is 288 Å². The fraction of sp³-hybridized carbons (Fsp3) is 0.294. The zero-order valence-electron chi connectivity index (χ0n) is 26.7. The number of piperazine rings is 1. The molecule has 0 spiro atoms. The van der Waals surface area contributed by atoms with Gasteiger partial charge in [0.15, 0.2) is 0 Å². The molecule has 7 rings (SSSR count). The highest BCUT2D eigenvalue weighted by Crippen LogP contribution is 2.48. The number of methoxy groups -OCH3 is 3. The number of rotatable bonds is 10. The number of pyridine rings is 2. The van der Waals surface area contributed by atoms with Crippen molar-refractivity contribution in [2.24, 2.45) is 0 Å². The zero-order chi connectivity index (χ0) is 33.7. The summed E-state index contributed by atoms with van der Waals surface area (Å²) in [4.78, 5) is 14.2. The van der Waals surface area contributed by atoms with Gasteiger partial charge in [-0.2, -0.15) is 0 Å². The van der Waals surface area contributed by atoms with Crippen LogP contribution in [0.15, 0.2) is 60.9 Å². The third-order valence-corrected chi connectivity index (χ3v) is 10.7. The monoisotopic (exact) mass is 708 g/mol. The average molecular weight is 710 g/mol. The molecule has 2 aliphatic rings. The minimum Gasteiger partial charge on any atom is -0.496 e. The Balaban J connectivity index is 1.36. The van der Waals surface area contributed by atoms with Crippen LogP contribution in [0.1, 0.15) is 12.8 Å². The number of hydrogen-bond donors (Lipinski definition) is 1. The van der Waals surface area contributed by atoms with Crippen LogP contribution >= 0.6 is 23.2 Å². The quantitative estimate of drug-likeness (QED) is 0.169. The fourth-order valence-electron chi connectivity index (χ4n) is 6.39. The Hall–Kier alpha value is -4.23. The van der Waals surface area contributed by atoms with Crippen molar-refractivity contribution in [2.75, 3.05) is 57.1 Å². The van der Waals surface area contributed by atoms with Gasteiger partial charge in [-0.25, -0.2) is 13.4 Å². The lowest BCUT2D eigenvalue weighted by atomic mass is 10.0. The van der Waals surface area contributed by atoms with Gasteiger partial charge >= 0.3 is 0 Å². The number of aromatic nitrogens is 3. The van der Waals surface area contributed by atoms with E-state index >= 15 is 0 Å². The van der Waals surface area contributed by atoms with Gasteiger partial charge in [0.05, 0.1) is 54.0 Å². The maximum Gasteiger partial charge on any atom is 0.254 e. The van der Waals surface area contributed by atoms with E-state index in [1.807, 2.05) is 28.8 Å². The molecule has 48 heavy (non-hydrogen) atoms. The van der Waals surface area contributed by atoms with E-state index in [4.69, 9.17) is 42.4 Å². The molecule has 11 nitrogen and oxygen atoms in total. The molecule has 0 atom stereocenters. The van der Waals surface area contributed by atoms with Gasteiger partial charge in [0.2, 0.25) is 0 Å². The van der Waals surface area contributed by atoms with Crippen molar-refractivity contribution in [3.05, 3.63) is 71.0 Å². The van der Waals surface area contributed by atoms with Crippen LogP contribution < -0.4 is 23.8 Å². The number of halogens is 2. The van der Waals surface area contributed by atoms with Crippen molar-refractivity contribution >= 4 is 61.2 Å². The van der Waals surface area contributed by atoms with Crippen molar-refractivity contribution < 1.29 is 22.6 Å². The van der Waals surface area contributed by atoms with E-state index in [1.54, 1.807) is 31.6 Å². The van der Waals surface area contributed by atoms with Crippen molar-refractivity contribution in [1.29, 1.82) is 0 Å². The third-order valence-electron chi connectivity index (χ3n) is 8.98. The molecule has 1 N–H and O–H groups in total.